The van der Waals surface area contributed by atoms with E-state index in [4.69, 9.17) is 5.73 Å². The predicted octanol–water partition coefficient (Wildman–Crippen LogP) is 0.759. The van der Waals surface area contributed by atoms with Crippen LogP contribution in [0.15, 0.2) is 18.2 Å². The van der Waals surface area contributed by atoms with Crippen LogP contribution in [-0.4, -0.2) is 52.2 Å². The smallest absolute Gasteiger partial charge is 0.255 e. The molecule has 0 radical (unpaired) electrons. The van der Waals surface area contributed by atoms with Crippen LogP contribution >= 0.6 is 0 Å². The van der Waals surface area contributed by atoms with Crippen LogP contribution in [-0.2, 0) is 22.7 Å². The van der Waals surface area contributed by atoms with Gasteiger partial charge in [-0.3, -0.25) is 24.6 Å². The van der Waals surface area contributed by atoms with Gasteiger partial charge in [0, 0.05) is 37.2 Å². The first-order valence-corrected chi connectivity index (χ1v) is 10.3. The minimum atomic E-state index is -0.560. The zero-order valence-electron chi connectivity index (χ0n) is 15.9. The lowest BCUT2D eigenvalue weighted by molar-refractivity contribution is -0.136. The molecule has 28 heavy (non-hydrogen) atoms. The molecule has 3 amide bonds. The molecule has 0 aromatic heterocycles. The fraction of sp³-hybridized carbons (Fsp3) is 0.571. The van der Waals surface area contributed by atoms with Gasteiger partial charge in [0.1, 0.15) is 6.04 Å². The second-order valence-corrected chi connectivity index (χ2v) is 8.55. The van der Waals surface area contributed by atoms with E-state index in [9.17, 15) is 14.4 Å². The van der Waals surface area contributed by atoms with E-state index in [2.05, 4.69) is 16.3 Å². The highest BCUT2D eigenvalue weighted by Crippen LogP contribution is 2.43. The Morgan fingerprint density at radius 1 is 1.14 bits per heavy atom. The van der Waals surface area contributed by atoms with Crippen molar-refractivity contribution in [3.05, 3.63) is 34.9 Å². The third-order valence-corrected chi connectivity index (χ3v) is 7.14. The fourth-order valence-corrected chi connectivity index (χ4v) is 5.73. The van der Waals surface area contributed by atoms with Crippen LogP contribution < -0.4 is 11.1 Å². The van der Waals surface area contributed by atoms with Crippen molar-refractivity contribution in [1.82, 2.24) is 15.1 Å². The average molecular weight is 382 g/mol. The molecule has 7 heteroatoms. The maximum Gasteiger partial charge on any atom is 0.255 e. The van der Waals surface area contributed by atoms with E-state index in [1.807, 2.05) is 12.1 Å². The van der Waals surface area contributed by atoms with Gasteiger partial charge in [-0.25, -0.2) is 0 Å². The fourth-order valence-electron chi connectivity index (χ4n) is 5.73. The summed E-state index contributed by atoms with van der Waals surface area (Å²) in [7, 11) is 0. The molecular weight excluding hydrogens is 356 g/mol. The lowest BCUT2D eigenvalue weighted by atomic mass is 9.89. The number of fused-ring (bicyclic) bond motifs is 3. The van der Waals surface area contributed by atoms with Gasteiger partial charge in [0.25, 0.3) is 5.91 Å². The van der Waals surface area contributed by atoms with Crippen molar-refractivity contribution in [2.75, 3.05) is 6.54 Å². The molecule has 4 heterocycles. The van der Waals surface area contributed by atoms with E-state index in [-0.39, 0.29) is 24.1 Å². The summed E-state index contributed by atoms with van der Waals surface area (Å²) in [4.78, 5) is 40.9. The molecule has 4 aliphatic rings. The van der Waals surface area contributed by atoms with Crippen LogP contribution in [0.4, 0.5) is 0 Å². The first-order valence-electron chi connectivity index (χ1n) is 10.3. The minimum Gasteiger partial charge on any atom is -0.330 e. The van der Waals surface area contributed by atoms with Crippen molar-refractivity contribution in [1.29, 1.82) is 0 Å². The van der Waals surface area contributed by atoms with Gasteiger partial charge in [0.05, 0.1) is 0 Å². The molecule has 3 saturated heterocycles. The summed E-state index contributed by atoms with van der Waals surface area (Å²) in [6, 6.07) is 6.49. The van der Waals surface area contributed by atoms with E-state index < -0.39 is 6.04 Å². The zero-order valence-corrected chi connectivity index (χ0v) is 15.9. The normalized spacial score (nSPS) is 32.2. The third-order valence-electron chi connectivity index (χ3n) is 7.14. The Hall–Kier alpha value is -2.25. The molecule has 0 spiro atoms. The predicted molar refractivity (Wildman–Crippen MR) is 102 cm³/mol. The Balaban J connectivity index is 1.38. The van der Waals surface area contributed by atoms with Crippen LogP contribution in [0.25, 0.3) is 0 Å². The van der Waals surface area contributed by atoms with Gasteiger partial charge in [0.2, 0.25) is 11.8 Å². The highest BCUT2D eigenvalue weighted by Gasteiger charge is 2.46. The van der Waals surface area contributed by atoms with Crippen LogP contribution in [0, 0.1) is 5.92 Å². The largest absolute Gasteiger partial charge is 0.330 e. The zero-order chi connectivity index (χ0) is 19.4. The van der Waals surface area contributed by atoms with Crippen LogP contribution in [0.5, 0.6) is 0 Å². The first-order chi connectivity index (χ1) is 13.6. The molecule has 1 aromatic rings. The monoisotopic (exact) mass is 382 g/mol. The van der Waals surface area contributed by atoms with Crippen LogP contribution in [0.3, 0.4) is 0 Å². The number of piperidine rings is 1. The Morgan fingerprint density at radius 2 is 2.00 bits per heavy atom. The Morgan fingerprint density at radius 3 is 2.75 bits per heavy atom. The van der Waals surface area contributed by atoms with Gasteiger partial charge in [-0.2, -0.15) is 0 Å². The third kappa shape index (κ3) is 2.68. The summed E-state index contributed by atoms with van der Waals surface area (Å²) in [5.41, 5.74) is 8.88. The number of nitrogens with one attached hydrogen (secondary N) is 1. The SMILES string of the molecule is NC[C@@H]1C[C@H]2CC[C@@H]1N2Cc1cccc2c1CN(C1CCC(=O)NC1=O)C2=O. The van der Waals surface area contributed by atoms with Crippen LogP contribution in [0.2, 0.25) is 0 Å². The number of nitrogens with zero attached hydrogens (tertiary/aromatic N) is 2. The van der Waals surface area contributed by atoms with E-state index >= 15 is 0 Å². The molecule has 0 aliphatic carbocycles. The maximum absolute atomic E-state index is 13.0. The first kappa shape index (κ1) is 17.8. The number of rotatable bonds is 4. The van der Waals surface area contributed by atoms with Crippen molar-refractivity contribution in [2.24, 2.45) is 11.7 Å². The summed E-state index contributed by atoms with van der Waals surface area (Å²) < 4.78 is 0. The van der Waals surface area contributed by atoms with Crippen molar-refractivity contribution >= 4 is 17.7 Å². The summed E-state index contributed by atoms with van der Waals surface area (Å²) in [5.74, 6) is -0.139. The molecule has 0 saturated carbocycles. The highest BCUT2D eigenvalue weighted by atomic mass is 16.2. The number of amides is 3. The number of nitrogens with two attached hydrogens (primary N) is 1. The lowest BCUT2D eigenvalue weighted by Gasteiger charge is -2.29. The average Bonchev–Trinajstić information content (AvgIpc) is 3.34. The molecule has 148 valence electrons. The number of carbonyl (C=O) groups is 3. The van der Waals surface area contributed by atoms with E-state index in [0.29, 0.717) is 36.5 Å². The summed E-state index contributed by atoms with van der Waals surface area (Å²) in [6.07, 6.45) is 4.30. The number of carbonyl (C=O) groups excluding carboxylic acids is 3. The lowest BCUT2D eigenvalue weighted by Crippen LogP contribution is -2.52. The molecule has 2 bridgehead atoms. The molecule has 3 fully saturated rings. The van der Waals surface area contributed by atoms with E-state index in [1.54, 1.807) is 4.90 Å². The van der Waals surface area contributed by atoms with Gasteiger partial charge in [-0.05, 0) is 55.3 Å². The number of hydrogen-bond donors (Lipinski definition) is 2. The Labute approximate surface area is 164 Å². The van der Waals surface area contributed by atoms with Gasteiger partial charge < -0.3 is 10.6 Å². The molecule has 5 rings (SSSR count). The van der Waals surface area contributed by atoms with E-state index in [1.165, 1.54) is 24.8 Å². The molecule has 7 nitrogen and oxygen atoms in total. The van der Waals surface area contributed by atoms with Crippen molar-refractivity contribution < 1.29 is 14.4 Å². The summed E-state index contributed by atoms with van der Waals surface area (Å²) >= 11 is 0. The molecule has 4 atom stereocenters. The molecule has 3 N–H and O–H groups in total. The van der Waals surface area contributed by atoms with Crippen molar-refractivity contribution in [3.8, 4) is 0 Å². The Bertz CT molecular complexity index is 854. The summed E-state index contributed by atoms with van der Waals surface area (Å²) in [6.45, 7) is 2.03. The van der Waals surface area contributed by atoms with Gasteiger partial charge in [-0.1, -0.05) is 12.1 Å². The van der Waals surface area contributed by atoms with Gasteiger partial charge in [-0.15, -0.1) is 0 Å². The van der Waals surface area contributed by atoms with Crippen molar-refractivity contribution in [3.63, 3.8) is 0 Å². The molecular formula is C21H26N4O3. The standard InChI is InChI=1S/C21H26N4O3/c22-9-13-8-14-4-5-17(13)24(14)10-12-2-1-3-15-16(12)11-25(21(15)28)18-6-7-19(26)23-20(18)27/h1-3,13-14,17-18H,4-11,22H2,(H,23,26,27)/t13-,14+,17-,18?/m0/s1. The number of hydrogen-bond acceptors (Lipinski definition) is 5. The van der Waals surface area contributed by atoms with Gasteiger partial charge in [0.15, 0.2) is 0 Å². The van der Waals surface area contributed by atoms with Crippen molar-refractivity contribution in [2.45, 2.75) is 63.3 Å². The van der Waals surface area contributed by atoms with Crippen LogP contribution in [0.1, 0.15) is 53.6 Å². The number of imide groups is 1. The van der Waals surface area contributed by atoms with E-state index in [0.717, 1.165) is 18.7 Å². The maximum atomic E-state index is 13.0. The molecule has 4 aliphatic heterocycles. The molecule has 1 unspecified atom stereocenters. The number of benzene rings is 1. The second-order valence-electron chi connectivity index (χ2n) is 8.55. The second kappa shape index (κ2) is 6.67. The minimum absolute atomic E-state index is 0.101. The summed E-state index contributed by atoms with van der Waals surface area (Å²) in [5, 5.41) is 2.37. The van der Waals surface area contributed by atoms with Gasteiger partial charge >= 0.3 is 0 Å². The molecule has 1 aromatic carbocycles. The highest BCUT2D eigenvalue weighted by molar-refractivity contribution is 6.05. The topological polar surface area (TPSA) is 95.7 Å². The quantitative estimate of drug-likeness (QED) is 0.750. The Kier molecular flexibility index (Phi) is 4.25.